The lowest BCUT2D eigenvalue weighted by Gasteiger charge is -2.35. The lowest BCUT2D eigenvalue weighted by molar-refractivity contribution is -0.116. The van der Waals surface area contributed by atoms with Gasteiger partial charge in [-0.15, -0.1) is 0 Å². The average molecular weight is 544 g/mol. The van der Waals surface area contributed by atoms with Gasteiger partial charge in [0.2, 0.25) is 15.9 Å². The van der Waals surface area contributed by atoms with E-state index in [1.54, 1.807) is 33.1 Å². The molecule has 0 aliphatic carbocycles. The molecule has 1 N–H and O–H groups in total. The van der Waals surface area contributed by atoms with E-state index in [0.717, 1.165) is 50.9 Å². The Morgan fingerprint density at radius 2 is 1.76 bits per heavy atom. The van der Waals surface area contributed by atoms with Gasteiger partial charge in [-0.05, 0) is 61.4 Å². The van der Waals surface area contributed by atoms with Crippen molar-refractivity contribution in [2.45, 2.75) is 25.2 Å². The average Bonchev–Trinajstić information content (AvgIpc) is 3.40. The van der Waals surface area contributed by atoms with Crippen LogP contribution in [0.2, 0.25) is 0 Å². The smallest absolute Gasteiger partial charge is 0.243 e. The summed E-state index contributed by atoms with van der Waals surface area (Å²) in [4.78, 5) is 21.9. The molecule has 2 heterocycles. The summed E-state index contributed by atoms with van der Waals surface area (Å²) in [7, 11) is -0.705. The predicted octanol–water partition coefficient (Wildman–Crippen LogP) is 2.51. The zero-order valence-corrected chi connectivity index (χ0v) is 23.4. The van der Waals surface area contributed by atoms with Gasteiger partial charge in [0.25, 0.3) is 0 Å². The molecule has 2 aromatic rings. The second kappa shape index (κ2) is 12.1. The molecule has 2 aliphatic rings. The Morgan fingerprint density at radius 1 is 1.11 bits per heavy atom. The third kappa shape index (κ3) is 6.64. The van der Waals surface area contributed by atoms with Crippen molar-refractivity contribution in [3.05, 3.63) is 47.5 Å². The van der Waals surface area contributed by atoms with Gasteiger partial charge in [-0.3, -0.25) is 14.7 Å². The van der Waals surface area contributed by atoms with Gasteiger partial charge in [0.1, 0.15) is 12.4 Å². The van der Waals surface area contributed by atoms with Gasteiger partial charge in [-0.25, -0.2) is 12.7 Å². The maximum Gasteiger partial charge on any atom is 0.243 e. The molecule has 0 spiro atoms. The van der Waals surface area contributed by atoms with Crippen LogP contribution in [0.15, 0.2) is 46.3 Å². The molecule has 0 bridgehead atoms. The number of sulfonamides is 1. The molecule has 0 saturated carbocycles. The van der Waals surface area contributed by atoms with Crippen LogP contribution in [0.1, 0.15) is 17.5 Å². The number of ether oxygens (including phenoxy) is 2. The third-order valence-electron chi connectivity index (χ3n) is 6.89. The van der Waals surface area contributed by atoms with Crippen molar-refractivity contribution in [3.63, 3.8) is 0 Å². The number of benzene rings is 2. The number of aliphatic imine (C=N–C) groups is 1. The first kappa shape index (κ1) is 27.9. The van der Waals surface area contributed by atoms with Crippen molar-refractivity contribution in [2.24, 2.45) is 4.99 Å². The van der Waals surface area contributed by atoms with Crippen molar-refractivity contribution in [2.75, 3.05) is 76.8 Å². The number of amides is 1. The van der Waals surface area contributed by atoms with E-state index in [1.165, 1.54) is 11.4 Å². The van der Waals surface area contributed by atoms with Crippen molar-refractivity contribution in [1.29, 1.82) is 0 Å². The highest BCUT2D eigenvalue weighted by molar-refractivity contribution is 7.89. The predicted molar refractivity (Wildman–Crippen MR) is 149 cm³/mol. The van der Waals surface area contributed by atoms with Crippen LogP contribution in [-0.4, -0.2) is 96.0 Å². The number of hydrogen-bond acceptors (Lipinski definition) is 8. The van der Waals surface area contributed by atoms with Crippen molar-refractivity contribution >= 4 is 33.2 Å². The third-order valence-corrected chi connectivity index (χ3v) is 9.05. The van der Waals surface area contributed by atoms with Gasteiger partial charge in [0.15, 0.2) is 5.90 Å². The number of nitrogens with one attached hydrogen (secondary N) is 1. The summed E-state index contributed by atoms with van der Waals surface area (Å²) in [5.41, 5.74) is 3.00. The Morgan fingerprint density at radius 3 is 2.34 bits per heavy atom. The highest BCUT2D eigenvalue weighted by Gasteiger charge is 2.26. The van der Waals surface area contributed by atoms with Crippen LogP contribution in [0.4, 0.5) is 11.4 Å². The normalized spacial score (nSPS) is 16.3. The molecule has 0 radical (unpaired) electrons. The van der Waals surface area contributed by atoms with Crippen LogP contribution >= 0.6 is 0 Å². The van der Waals surface area contributed by atoms with Gasteiger partial charge in [-0.1, -0.05) is 0 Å². The number of piperazine rings is 1. The lowest BCUT2D eigenvalue weighted by atomic mass is 10.1. The molecule has 11 heteroatoms. The fraction of sp³-hybridized carbons (Fsp3) is 0.481. The molecule has 2 aromatic carbocycles. The highest BCUT2D eigenvalue weighted by Crippen LogP contribution is 2.28. The summed E-state index contributed by atoms with van der Waals surface area (Å²) in [6, 6.07) is 11.2. The number of nitrogens with zero attached hydrogens (tertiary/aromatic N) is 4. The van der Waals surface area contributed by atoms with E-state index in [2.05, 4.69) is 20.1 Å². The summed E-state index contributed by atoms with van der Waals surface area (Å²) in [6.45, 7) is 9.47. The second-order valence-electron chi connectivity index (χ2n) is 9.65. The summed E-state index contributed by atoms with van der Waals surface area (Å²) in [5, 5.41) is 2.87. The van der Waals surface area contributed by atoms with Crippen molar-refractivity contribution < 1.29 is 22.7 Å². The molecular formula is C27H37N5O5S. The van der Waals surface area contributed by atoms with E-state index in [0.29, 0.717) is 29.2 Å². The minimum Gasteiger partial charge on any atom is -0.497 e. The first-order valence-corrected chi connectivity index (χ1v) is 14.3. The Kier molecular flexibility index (Phi) is 8.91. The number of aryl methyl sites for hydroxylation is 2. The number of hydrogen-bond donors (Lipinski definition) is 1. The molecule has 206 valence electrons. The van der Waals surface area contributed by atoms with E-state index in [1.807, 2.05) is 24.3 Å². The fourth-order valence-corrected chi connectivity index (χ4v) is 6.35. The van der Waals surface area contributed by atoms with Crippen LogP contribution in [0.25, 0.3) is 0 Å². The van der Waals surface area contributed by atoms with Gasteiger partial charge in [0.05, 0.1) is 25.1 Å². The first-order valence-electron chi connectivity index (χ1n) is 12.8. The zero-order chi connectivity index (χ0) is 27.3. The van der Waals surface area contributed by atoms with Gasteiger partial charge < -0.3 is 19.7 Å². The molecular weight excluding hydrogens is 506 g/mol. The van der Waals surface area contributed by atoms with E-state index >= 15 is 0 Å². The van der Waals surface area contributed by atoms with Gasteiger partial charge in [0, 0.05) is 57.6 Å². The molecule has 4 rings (SSSR count). The topological polar surface area (TPSA) is 104 Å². The van der Waals surface area contributed by atoms with Crippen LogP contribution in [-0.2, 0) is 19.6 Å². The monoisotopic (exact) mass is 543 g/mol. The maximum absolute atomic E-state index is 13.2. The van der Waals surface area contributed by atoms with E-state index in [9.17, 15) is 13.2 Å². The number of anilines is 2. The van der Waals surface area contributed by atoms with Crippen molar-refractivity contribution in [1.82, 2.24) is 9.21 Å². The maximum atomic E-state index is 13.2. The number of carbonyl (C=O) groups excluding carboxylic acids is 1. The Bertz CT molecular complexity index is 1250. The summed E-state index contributed by atoms with van der Waals surface area (Å²) < 4.78 is 38.3. The molecule has 2 aliphatic heterocycles. The molecule has 0 atom stereocenters. The quantitative estimate of drug-likeness (QED) is 0.491. The van der Waals surface area contributed by atoms with Gasteiger partial charge >= 0.3 is 0 Å². The molecule has 0 unspecified atom stereocenters. The first-order chi connectivity index (χ1) is 18.2. The van der Waals surface area contributed by atoms with E-state index in [-0.39, 0.29) is 23.8 Å². The number of rotatable bonds is 10. The van der Waals surface area contributed by atoms with Crippen LogP contribution in [0, 0.1) is 13.8 Å². The Labute approximate surface area is 225 Å². The number of carbonyl (C=O) groups is 1. The standard InChI is InChI=1S/C27H37N5O5S/c1-20-17-24(36-4)18-21(2)27(20)38(34,35)30(3)11-9-25(33)29-22-5-7-23(8-6-22)32-14-12-31(13-15-32)19-26-28-10-16-37-26/h5-8,17-18H,9-16,19H2,1-4H3,(H,29,33). The van der Waals surface area contributed by atoms with Crippen LogP contribution in [0.5, 0.6) is 5.75 Å². The van der Waals surface area contributed by atoms with Crippen LogP contribution in [0.3, 0.4) is 0 Å². The minimum atomic E-state index is -3.75. The fourth-order valence-electron chi connectivity index (χ4n) is 4.78. The summed E-state index contributed by atoms with van der Waals surface area (Å²) in [6.07, 6.45) is 0.0443. The van der Waals surface area contributed by atoms with E-state index in [4.69, 9.17) is 9.47 Å². The van der Waals surface area contributed by atoms with Gasteiger partial charge in [-0.2, -0.15) is 0 Å². The molecule has 38 heavy (non-hydrogen) atoms. The summed E-state index contributed by atoms with van der Waals surface area (Å²) in [5.74, 6) is 1.21. The molecule has 0 aromatic heterocycles. The minimum absolute atomic E-state index is 0.0443. The highest BCUT2D eigenvalue weighted by atomic mass is 32.2. The van der Waals surface area contributed by atoms with Crippen molar-refractivity contribution in [3.8, 4) is 5.75 Å². The summed E-state index contributed by atoms with van der Waals surface area (Å²) >= 11 is 0. The molecule has 1 saturated heterocycles. The molecule has 10 nitrogen and oxygen atoms in total. The Balaban J connectivity index is 1.26. The Hall–Kier alpha value is -3.15. The molecule has 1 amide bonds. The zero-order valence-electron chi connectivity index (χ0n) is 22.6. The number of methoxy groups -OCH3 is 1. The largest absolute Gasteiger partial charge is 0.497 e. The molecule has 1 fully saturated rings. The SMILES string of the molecule is COc1cc(C)c(S(=O)(=O)N(C)CCC(=O)Nc2ccc(N3CCN(CC4=NCCO4)CC3)cc2)c(C)c1. The van der Waals surface area contributed by atoms with E-state index < -0.39 is 10.0 Å². The second-order valence-corrected chi connectivity index (χ2v) is 11.6. The van der Waals surface area contributed by atoms with Crippen LogP contribution < -0.4 is 15.0 Å². The lowest BCUT2D eigenvalue weighted by Crippen LogP contribution is -2.48.